The first-order valence-electron chi connectivity index (χ1n) is 7.58. The van der Waals surface area contributed by atoms with Gasteiger partial charge in [0.15, 0.2) is 7.98 Å². The van der Waals surface area contributed by atoms with Crippen LogP contribution in [0, 0.1) is 5.41 Å². The van der Waals surface area contributed by atoms with Crippen LogP contribution in [-0.4, -0.2) is 49.9 Å². The zero-order valence-corrected chi connectivity index (χ0v) is 12.0. The number of rotatable bonds is 3. The van der Waals surface area contributed by atoms with Crippen LogP contribution in [0.3, 0.4) is 0 Å². The number of piperidine rings is 2. The third-order valence-electron chi connectivity index (χ3n) is 5.04. The van der Waals surface area contributed by atoms with Crippen molar-refractivity contribution in [2.75, 3.05) is 26.2 Å². The Hall–Kier alpha value is -0.0151. The van der Waals surface area contributed by atoms with Crippen molar-refractivity contribution < 1.29 is 0 Å². The molecule has 98 valence electrons. The van der Waals surface area contributed by atoms with Crippen LogP contribution in [0.1, 0.15) is 52.4 Å². The van der Waals surface area contributed by atoms with Crippen LogP contribution in [0.15, 0.2) is 0 Å². The predicted molar refractivity (Wildman–Crippen MR) is 77.0 cm³/mol. The molecule has 0 N–H and O–H groups in total. The monoisotopic (exact) mass is 236 g/mol. The summed E-state index contributed by atoms with van der Waals surface area (Å²) in [5, 5.41) is 0. The Labute approximate surface area is 108 Å². The van der Waals surface area contributed by atoms with E-state index in [0.29, 0.717) is 5.41 Å². The topological polar surface area (TPSA) is 6.48 Å². The van der Waals surface area contributed by atoms with Crippen molar-refractivity contribution >= 4 is 7.98 Å². The fourth-order valence-corrected chi connectivity index (χ4v) is 3.90. The molecule has 2 saturated heterocycles. The molecule has 0 radical (unpaired) electrons. The van der Waals surface area contributed by atoms with E-state index in [1.54, 1.807) is 0 Å². The van der Waals surface area contributed by atoms with Gasteiger partial charge in [0.1, 0.15) is 0 Å². The first-order chi connectivity index (χ1) is 8.15. The lowest BCUT2D eigenvalue weighted by Crippen LogP contribution is -2.50. The highest BCUT2D eigenvalue weighted by molar-refractivity contribution is 6.04. The molecule has 0 saturated carbocycles. The quantitative estimate of drug-likeness (QED) is 0.690. The summed E-state index contributed by atoms with van der Waals surface area (Å²) in [6.07, 6.45) is 8.46. The minimum atomic E-state index is 0.676. The van der Waals surface area contributed by atoms with Gasteiger partial charge in [0.05, 0.1) is 0 Å². The highest BCUT2D eigenvalue weighted by atomic mass is 15.2. The van der Waals surface area contributed by atoms with Gasteiger partial charge in [-0.25, -0.2) is 0 Å². The van der Waals surface area contributed by atoms with Crippen molar-refractivity contribution in [2.24, 2.45) is 5.41 Å². The highest BCUT2D eigenvalue weighted by Crippen LogP contribution is 2.39. The van der Waals surface area contributed by atoms with Crippen LogP contribution >= 0.6 is 0 Å². The molecule has 2 rings (SSSR count). The third kappa shape index (κ3) is 3.26. The lowest BCUT2D eigenvalue weighted by atomic mass is 9.71. The maximum Gasteiger partial charge on any atom is 0.185 e. The van der Waals surface area contributed by atoms with Gasteiger partial charge in [-0.1, -0.05) is 13.3 Å². The van der Waals surface area contributed by atoms with Gasteiger partial charge in [-0.05, 0) is 70.6 Å². The van der Waals surface area contributed by atoms with Crippen LogP contribution in [0.2, 0.25) is 0 Å². The smallest absolute Gasteiger partial charge is 0.185 e. The first-order valence-corrected chi connectivity index (χ1v) is 7.58. The summed E-state index contributed by atoms with van der Waals surface area (Å²) in [6, 6.07) is 0.804. The van der Waals surface area contributed by atoms with Gasteiger partial charge in [-0.15, -0.1) is 0 Å². The molecule has 0 aromatic carbocycles. The predicted octanol–water partition coefficient (Wildman–Crippen LogP) is 1.90. The van der Waals surface area contributed by atoms with Gasteiger partial charge in [-0.3, -0.25) is 0 Å². The molecule has 1 atom stereocenters. The molecule has 0 amide bonds. The van der Waals surface area contributed by atoms with E-state index >= 15 is 0 Å². The zero-order chi connectivity index (χ0) is 12.3. The summed E-state index contributed by atoms with van der Waals surface area (Å²) >= 11 is 0. The molecule has 0 aromatic rings. The van der Waals surface area contributed by atoms with Crippen LogP contribution < -0.4 is 0 Å². The second kappa shape index (κ2) is 5.75. The van der Waals surface area contributed by atoms with Crippen molar-refractivity contribution in [3.63, 3.8) is 0 Å². The Morgan fingerprint density at radius 2 is 1.88 bits per heavy atom. The molecule has 1 spiro atoms. The van der Waals surface area contributed by atoms with Gasteiger partial charge in [0.25, 0.3) is 0 Å². The maximum absolute atomic E-state index is 2.73. The Bertz CT molecular complexity index is 236. The van der Waals surface area contributed by atoms with Crippen molar-refractivity contribution in [3.8, 4) is 0 Å². The van der Waals surface area contributed by atoms with Crippen molar-refractivity contribution in [1.29, 1.82) is 0 Å². The minimum Gasteiger partial charge on any atom is -0.348 e. The molecule has 2 fully saturated rings. The summed E-state index contributed by atoms with van der Waals surface area (Å²) in [5.74, 6) is 0. The average molecular weight is 236 g/mol. The van der Waals surface area contributed by atoms with E-state index in [-0.39, 0.29) is 0 Å². The van der Waals surface area contributed by atoms with Crippen molar-refractivity contribution in [1.82, 2.24) is 9.71 Å². The van der Waals surface area contributed by atoms with Gasteiger partial charge in [-0.2, -0.15) is 0 Å². The van der Waals surface area contributed by atoms with E-state index in [0.717, 1.165) is 6.04 Å². The van der Waals surface area contributed by atoms with Crippen molar-refractivity contribution in [3.05, 3.63) is 0 Å². The molecule has 2 aliphatic rings. The zero-order valence-electron chi connectivity index (χ0n) is 12.0. The van der Waals surface area contributed by atoms with E-state index in [9.17, 15) is 0 Å². The molecule has 2 aliphatic heterocycles. The van der Waals surface area contributed by atoms with Crippen LogP contribution in [0.4, 0.5) is 0 Å². The van der Waals surface area contributed by atoms with Gasteiger partial charge < -0.3 is 9.71 Å². The maximum atomic E-state index is 2.73. The Balaban J connectivity index is 1.84. The molecule has 0 aromatic heterocycles. The summed E-state index contributed by atoms with van der Waals surface area (Å²) in [7, 11) is 2.30. The Morgan fingerprint density at radius 1 is 1.18 bits per heavy atom. The Kier molecular flexibility index (Phi) is 4.54. The third-order valence-corrected chi connectivity index (χ3v) is 5.04. The summed E-state index contributed by atoms with van der Waals surface area (Å²) in [5.41, 5.74) is 0.676. The molecular weight excluding hydrogens is 207 g/mol. The van der Waals surface area contributed by atoms with Gasteiger partial charge in [0.2, 0.25) is 0 Å². The minimum absolute atomic E-state index is 0.676. The highest BCUT2D eigenvalue weighted by Gasteiger charge is 2.37. The number of hydrogen-bond acceptors (Lipinski definition) is 2. The lowest BCUT2D eigenvalue weighted by molar-refractivity contribution is 0.0358. The van der Waals surface area contributed by atoms with E-state index in [4.69, 9.17) is 0 Å². The largest absolute Gasteiger partial charge is 0.348 e. The summed E-state index contributed by atoms with van der Waals surface area (Å²) in [6.45, 7) is 10.1. The average Bonchev–Trinajstić information content (AvgIpc) is 2.30. The standard InChI is InChI=1S/C14H29BN2/c1-3-5-13(2)16-10-7-14(8-11-16)6-4-9-17(15)12-14/h13H,3-12,15H2,1-2H3. The van der Waals surface area contributed by atoms with Crippen LogP contribution in [0.25, 0.3) is 0 Å². The van der Waals surface area contributed by atoms with E-state index in [1.165, 1.54) is 64.7 Å². The van der Waals surface area contributed by atoms with E-state index in [2.05, 4.69) is 31.5 Å². The fraction of sp³-hybridized carbons (Fsp3) is 1.00. The first kappa shape index (κ1) is 13.4. The molecule has 2 heterocycles. The van der Waals surface area contributed by atoms with Gasteiger partial charge >= 0.3 is 0 Å². The number of hydrogen-bond donors (Lipinski definition) is 0. The molecule has 3 heteroatoms. The Morgan fingerprint density at radius 3 is 2.47 bits per heavy atom. The molecule has 2 nitrogen and oxygen atoms in total. The molecular formula is C14H29BN2. The SMILES string of the molecule is BN1CCCC2(CCN(C(C)CCC)CC2)C1. The van der Waals surface area contributed by atoms with E-state index in [1.807, 2.05) is 0 Å². The van der Waals surface area contributed by atoms with Crippen LogP contribution in [-0.2, 0) is 0 Å². The molecule has 0 aliphatic carbocycles. The van der Waals surface area contributed by atoms with Gasteiger partial charge in [0, 0.05) is 6.04 Å². The fourth-order valence-electron chi connectivity index (χ4n) is 3.90. The second-order valence-corrected chi connectivity index (χ2v) is 6.52. The number of likely N-dealkylation sites (tertiary alicyclic amines) is 1. The molecule has 17 heavy (non-hydrogen) atoms. The molecule has 0 bridgehead atoms. The van der Waals surface area contributed by atoms with Crippen LogP contribution in [0.5, 0.6) is 0 Å². The normalized spacial score (nSPS) is 28.4. The lowest BCUT2D eigenvalue weighted by Gasteiger charge is -2.48. The number of nitrogens with zero attached hydrogens (tertiary/aromatic N) is 2. The second-order valence-electron chi connectivity index (χ2n) is 6.52. The van der Waals surface area contributed by atoms with Crippen molar-refractivity contribution in [2.45, 2.75) is 58.4 Å². The summed E-state index contributed by atoms with van der Waals surface area (Å²) in [4.78, 5) is 5.28. The molecule has 1 unspecified atom stereocenters. The van der Waals surface area contributed by atoms with E-state index < -0.39 is 0 Å². The summed E-state index contributed by atoms with van der Waals surface area (Å²) < 4.78 is 0.